The minimum absolute atomic E-state index is 0.128. The first-order valence-electron chi connectivity index (χ1n) is 3.50. The maximum Gasteiger partial charge on any atom is 0.310 e. The van der Waals surface area contributed by atoms with E-state index in [-0.39, 0.29) is 15.8 Å². The normalized spacial score (nSPS) is 12.7. The monoisotopic (exact) mass is 456 g/mol. The van der Waals surface area contributed by atoms with Crippen molar-refractivity contribution >= 4 is 74.9 Å². The zero-order valence-electron chi connectivity index (χ0n) is 7.22. The molecule has 90 valence electrons. The highest BCUT2D eigenvalue weighted by molar-refractivity contribution is 9.42. The molecule has 0 spiro atoms. The van der Waals surface area contributed by atoms with E-state index in [9.17, 15) is 13.2 Å². The lowest BCUT2D eigenvalue weighted by molar-refractivity contribution is -0.136. The second-order valence-corrected chi connectivity index (χ2v) is 14.1. The number of rotatable bonds is 3. The van der Waals surface area contributed by atoms with E-state index in [0.29, 0.717) is 11.3 Å². The van der Waals surface area contributed by atoms with E-state index in [4.69, 9.17) is 5.11 Å². The van der Waals surface area contributed by atoms with Crippen LogP contribution in [0, 0.1) is 0 Å². The Hall–Kier alpha value is 0.420. The molecule has 1 heterocycles. The minimum Gasteiger partial charge on any atom is -0.481 e. The Morgan fingerprint density at radius 1 is 1.38 bits per heavy atom. The van der Waals surface area contributed by atoms with E-state index in [1.807, 2.05) is 0 Å². The molecule has 0 fully saturated rings. The smallest absolute Gasteiger partial charge is 0.310 e. The summed E-state index contributed by atoms with van der Waals surface area (Å²) in [6, 6.07) is 0. The third-order valence-corrected chi connectivity index (χ3v) is 7.90. The van der Waals surface area contributed by atoms with E-state index in [2.05, 4.69) is 58.0 Å². The van der Waals surface area contributed by atoms with Crippen LogP contribution in [0.3, 0.4) is 0 Å². The summed E-state index contributed by atoms with van der Waals surface area (Å²) >= 11 is 9.31. The Kier molecular flexibility index (Phi) is 4.49. The Labute approximate surface area is 120 Å². The zero-order chi connectivity index (χ0) is 12.6. The largest absolute Gasteiger partial charge is 0.481 e. The molecule has 0 saturated heterocycles. The first kappa shape index (κ1) is 14.5. The quantitative estimate of drug-likeness (QED) is 0.693. The fourth-order valence-corrected chi connectivity index (χ4v) is 5.00. The van der Waals surface area contributed by atoms with Crippen LogP contribution in [0.1, 0.15) is 5.01 Å². The molecule has 0 aliphatic rings. The minimum atomic E-state index is -3.79. The summed E-state index contributed by atoms with van der Waals surface area (Å²) in [5.74, 6) is -1.09. The Morgan fingerprint density at radius 2 is 1.94 bits per heavy atom. The van der Waals surface area contributed by atoms with Gasteiger partial charge in [-0.2, -0.15) is 0 Å². The number of carbonyl (C=O) groups is 1. The van der Waals surface area contributed by atoms with Crippen molar-refractivity contribution in [2.24, 2.45) is 0 Å². The fourth-order valence-electron chi connectivity index (χ4n) is 0.647. The summed E-state index contributed by atoms with van der Waals surface area (Å²) < 4.78 is 21.7. The molecule has 16 heavy (non-hydrogen) atoms. The van der Waals surface area contributed by atoms with Crippen molar-refractivity contribution in [1.29, 1.82) is 0 Å². The average molecular weight is 459 g/mol. The van der Waals surface area contributed by atoms with Gasteiger partial charge in [-0.25, -0.2) is 8.42 Å². The van der Waals surface area contributed by atoms with Gasteiger partial charge in [0.1, 0.15) is 5.01 Å². The molecule has 1 rings (SSSR count). The number of aromatic nitrogens is 2. The first-order valence-corrected chi connectivity index (χ1v) is 8.18. The summed E-state index contributed by atoms with van der Waals surface area (Å²) in [6.07, 6.45) is -0.354. The van der Waals surface area contributed by atoms with Gasteiger partial charge in [0.05, 0.1) is 6.42 Å². The van der Waals surface area contributed by atoms with Crippen molar-refractivity contribution in [3.63, 3.8) is 0 Å². The van der Waals surface area contributed by atoms with Crippen LogP contribution in [0.25, 0.3) is 0 Å². The molecule has 0 aromatic carbocycles. The van der Waals surface area contributed by atoms with Gasteiger partial charge in [0.15, 0.2) is 0 Å². The van der Waals surface area contributed by atoms with E-state index in [1.54, 1.807) is 0 Å². The third kappa shape index (κ3) is 3.22. The lowest BCUT2D eigenvalue weighted by Crippen LogP contribution is -2.17. The lowest BCUT2D eigenvalue weighted by Gasteiger charge is -2.09. The number of alkyl halides is 3. The zero-order valence-corrected chi connectivity index (χ0v) is 13.6. The molecule has 0 aliphatic carbocycles. The molecule has 6 nitrogen and oxygen atoms in total. The van der Waals surface area contributed by atoms with Gasteiger partial charge in [-0.3, -0.25) is 4.79 Å². The van der Waals surface area contributed by atoms with Crippen LogP contribution in [0.5, 0.6) is 0 Å². The summed E-state index contributed by atoms with van der Waals surface area (Å²) in [4.78, 5) is 10.4. The predicted octanol–water partition coefficient (Wildman–Crippen LogP) is 1.73. The molecule has 0 aliphatic heterocycles. The van der Waals surface area contributed by atoms with Gasteiger partial charge in [0.25, 0.3) is 0 Å². The standard InChI is InChI=1S/C5H3Br3N2O4S2/c6-5(7,8)16(13,14)4-10-9-2(15-4)1-3(11)12/h1H2,(H,11,12). The molecule has 1 aromatic heterocycles. The molecule has 0 radical (unpaired) electrons. The van der Waals surface area contributed by atoms with Crippen molar-refractivity contribution in [1.82, 2.24) is 10.2 Å². The van der Waals surface area contributed by atoms with Gasteiger partial charge < -0.3 is 5.11 Å². The summed E-state index contributed by atoms with van der Waals surface area (Å²) in [6.45, 7) is 0. The molecule has 0 unspecified atom stereocenters. The van der Waals surface area contributed by atoms with Crippen LogP contribution in [0.4, 0.5) is 0 Å². The number of aliphatic carboxylic acids is 1. The highest BCUT2D eigenvalue weighted by Gasteiger charge is 2.40. The number of carboxylic acid groups (broad SMARTS) is 1. The number of halogens is 3. The van der Waals surface area contributed by atoms with E-state index < -0.39 is 17.3 Å². The van der Waals surface area contributed by atoms with Crippen LogP contribution in [0.15, 0.2) is 4.34 Å². The fraction of sp³-hybridized carbons (Fsp3) is 0.400. The van der Waals surface area contributed by atoms with Crippen molar-refractivity contribution in [3.8, 4) is 0 Å². The third-order valence-electron chi connectivity index (χ3n) is 1.29. The van der Waals surface area contributed by atoms with Gasteiger partial charge in [0.2, 0.25) is 15.7 Å². The molecular weight excluding hydrogens is 456 g/mol. The van der Waals surface area contributed by atoms with Crippen LogP contribution in [0.2, 0.25) is 0 Å². The number of carboxylic acids is 1. The van der Waals surface area contributed by atoms with Crippen molar-refractivity contribution < 1.29 is 18.3 Å². The Morgan fingerprint density at radius 3 is 2.38 bits per heavy atom. The maximum atomic E-state index is 11.8. The topological polar surface area (TPSA) is 97.2 Å². The molecule has 0 bridgehead atoms. The SMILES string of the molecule is O=C(O)Cc1nnc(S(=O)(=O)C(Br)(Br)Br)s1. The highest BCUT2D eigenvalue weighted by Crippen LogP contribution is 2.43. The number of nitrogens with zero attached hydrogens (tertiary/aromatic N) is 2. The highest BCUT2D eigenvalue weighted by atomic mass is 80.0. The second kappa shape index (κ2) is 4.96. The maximum absolute atomic E-state index is 11.8. The van der Waals surface area contributed by atoms with Crippen LogP contribution >= 0.6 is 59.1 Å². The van der Waals surface area contributed by atoms with Gasteiger partial charge in [-0.05, 0) is 47.8 Å². The number of hydrogen-bond acceptors (Lipinski definition) is 6. The van der Waals surface area contributed by atoms with Crippen molar-refractivity contribution in [3.05, 3.63) is 5.01 Å². The lowest BCUT2D eigenvalue weighted by atomic mass is 10.5. The number of sulfone groups is 1. The Bertz CT molecular complexity index is 506. The second-order valence-electron chi connectivity index (χ2n) is 2.48. The van der Waals surface area contributed by atoms with E-state index >= 15 is 0 Å². The van der Waals surface area contributed by atoms with Gasteiger partial charge >= 0.3 is 5.97 Å². The molecule has 0 atom stereocenters. The predicted molar refractivity (Wildman–Crippen MR) is 67.9 cm³/mol. The summed E-state index contributed by atoms with van der Waals surface area (Å²) in [7, 11) is -3.79. The summed E-state index contributed by atoms with van der Waals surface area (Å²) in [5.41, 5.74) is 0. The van der Waals surface area contributed by atoms with Crippen molar-refractivity contribution in [2.75, 3.05) is 0 Å². The van der Waals surface area contributed by atoms with E-state index in [0.717, 1.165) is 0 Å². The first-order chi connectivity index (χ1) is 7.14. The molecule has 11 heteroatoms. The van der Waals surface area contributed by atoms with Crippen LogP contribution < -0.4 is 0 Å². The van der Waals surface area contributed by atoms with Crippen LogP contribution in [-0.4, -0.2) is 31.2 Å². The van der Waals surface area contributed by atoms with Crippen molar-refractivity contribution in [2.45, 2.75) is 12.2 Å². The van der Waals surface area contributed by atoms with Gasteiger partial charge in [-0.15, -0.1) is 10.2 Å². The van der Waals surface area contributed by atoms with Gasteiger partial charge in [-0.1, -0.05) is 11.3 Å². The number of hydrogen-bond donors (Lipinski definition) is 1. The van der Waals surface area contributed by atoms with Crippen LogP contribution in [-0.2, 0) is 21.1 Å². The van der Waals surface area contributed by atoms with Gasteiger partial charge in [0, 0.05) is 0 Å². The molecule has 1 N–H and O–H groups in total. The Balaban J connectivity index is 3.08. The summed E-state index contributed by atoms with van der Waals surface area (Å²) in [5, 5.41) is 15.5. The molecule has 0 amide bonds. The molecule has 0 saturated carbocycles. The average Bonchev–Trinajstić information content (AvgIpc) is 2.49. The molecule has 1 aromatic rings. The van der Waals surface area contributed by atoms with E-state index in [1.165, 1.54) is 0 Å². The molecular formula is C5H3Br3N2O4S2.